The van der Waals surface area contributed by atoms with Crippen LogP contribution in [0.4, 0.5) is 11.4 Å². The first kappa shape index (κ1) is 19.4. The lowest BCUT2D eigenvalue weighted by molar-refractivity contribution is -0.114. The Morgan fingerprint density at radius 3 is 2.11 bits per heavy atom. The Bertz CT molecular complexity index is 872. The molecule has 2 aromatic carbocycles. The molecule has 0 saturated carbocycles. The minimum atomic E-state index is -3.67. The van der Waals surface area contributed by atoms with Gasteiger partial charge in [-0.3, -0.25) is 14.4 Å². The van der Waals surface area contributed by atoms with Crippen LogP contribution >= 0.6 is 0 Å². The van der Waals surface area contributed by atoms with Gasteiger partial charge in [0.1, 0.15) is 0 Å². The van der Waals surface area contributed by atoms with Crippen LogP contribution in [0.5, 0.6) is 0 Å². The van der Waals surface area contributed by atoms with Crippen LogP contribution in [0.3, 0.4) is 0 Å². The first-order valence-electron chi connectivity index (χ1n) is 9.14. The summed E-state index contributed by atoms with van der Waals surface area (Å²) in [7, 11) is -3.67. The Hall–Kier alpha value is -2.38. The largest absolute Gasteiger partial charge is 0.326 e. The number of benzene rings is 2. The molecule has 6 nitrogen and oxygen atoms in total. The van der Waals surface area contributed by atoms with Crippen molar-refractivity contribution in [2.75, 3.05) is 23.1 Å². The van der Waals surface area contributed by atoms with Crippen molar-refractivity contribution in [1.29, 1.82) is 0 Å². The molecule has 0 unspecified atom stereocenters. The fraction of sp³-hybridized carbons (Fsp3) is 0.350. The van der Waals surface area contributed by atoms with Gasteiger partial charge in [0.15, 0.2) is 0 Å². The molecule has 0 radical (unpaired) electrons. The number of rotatable bonds is 6. The predicted octanol–water partition coefficient (Wildman–Crippen LogP) is 3.43. The maximum absolute atomic E-state index is 12.5. The Kier molecular flexibility index (Phi) is 6.13. The minimum absolute atomic E-state index is 0.147. The van der Waals surface area contributed by atoms with Gasteiger partial charge in [-0.25, -0.2) is 8.42 Å². The standard InChI is InChI=1S/C20H25N3O3S/c1-16(24)21-18-9-11-20(12-10-18)27(25,26)22-19-7-5-17(6-8-19)15-23-13-3-2-4-14-23/h5-12,22H,2-4,13-15H2,1H3,(H,21,24). The Labute approximate surface area is 160 Å². The van der Waals surface area contributed by atoms with Crippen LogP contribution < -0.4 is 10.0 Å². The molecular formula is C20H25N3O3S. The van der Waals surface area contributed by atoms with Gasteiger partial charge >= 0.3 is 0 Å². The molecule has 1 fully saturated rings. The summed E-state index contributed by atoms with van der Waals surface area (Å²) < 4.78 is 27.7. The Balaban J connectivity index is 1.63. The first-order valence-corrected chi connectivity index (χ1v) is 10.6. The molecule has 1 aliphatic heterocycles. The van der Waals surface area contributed by atoms with Crippen LogP contribution in [-0.2, 0) is 21.4 Å². The quantitative estimate of drug-likeness (QED) is 0.796. The highest BCUT2D eigenvalue weighted by atomic mass is 32.2. The summed E-state index contributed by atoms with van der Waals surface area (Å²) in [4.78, 5) is 13.6. The number of nitrogens with one attached hydrogen (secondary N) is 2. The number of hydrogen-bond donors (Lipinski definition) is 2. The number of anilines is 2. The van der Waals surface area contributed by atoms with Crippen LogP contribution in [0.1, 0.15) is 31.7 Å². The molecule has 0 spiro atoms. The van der Waals surface area contributed by atoms with E-state index in [1.54, 1.807) is 24.3 Å². The molecule has 27 heavy (non-hydrogen) atoms. The summed E-state index contributed by atoms with van der Waals surface area (Å²) >= 11 is 0. The number of sulfonamides is 1. The summed E-state index contributed by atoms with van der Waals surface area (Å²) in [5.74, 6) is -0.201. The van der Waals surface area contributed by atoms with Crippen LogP contribution in [0, 0.1) is 0 Å². The summed E-state index contributed by atoms with van der Waals surface area (Å²) in [6, 6.07) is 13.6. The number of amides is 1. The van der Waals surface area contributed by atoms with Gasteiger partial charge in [0.25, 0.3) is 10.0 Å². The minimum Gasteiger partial charge on any atom is -0.326 e. The smallest absolute Gasteiger partial charge is 0.261 e. The molecule has 3 rings (SSSR count). The number of piperidine rings is 1. The van der Waals surface area contributed by atoms with Gasteiger partial charge < -0.3 is 5.32 Å². The third kappa shape index (κ3) is 5.55. The van der Waals surface area contributed by atoms with E-state index in [4.69, 9.17) is 0 Å². The summed E-state index contributed by atoms with van der Waals surface area (Å²) in [6.45, 7) is 4.56. The molecule has 1 amide bonds. The van der Waals surface area contributed by atoms with E-state index in [9.17, 15) is 13.2 Å². The highest BCUT2D eigenvalue weighted by Gasteiger charge is 2.15. The fourth-order valence-electron chi connectivity index (χ4n) is 3.19. The maximum atomic E-state index is 12.5. The third-order valence-corrected chi connectivity index (χ3v) is 5.94. The average molecular weight is 388 g/mol. The molecule has 1 aliphatic rings. The lowest BCUT2D eigenvalue weighted by atomic mass is 10.1. The first-order chi connectivity index (χ1) is 12.9. The number of carbonyl (C=O) groups excluding carboxylic acids is 1. The highest BCUT2D eigenvalue weighted by Crippen LogP contribution is 2.20. The topological polar surface area (TPSA) is 78.5 Å². The molecule has 1 heterocycles. The normalized spacial score (nSPS) is 15.3. The fourth-order valence-corrected chi connectivity index (χ4v) is 4.25. The van der Waals surface area contributed by atoms with E-state index in [-0.39, 0.29) is 10.8 Å². The molecule has 7 heteroatoms. The van der Waals surface area contributed by atoms with Crippen molar-refractivity contribution in [3.05, 3.63) is 54.1 Å². The summed E-state index contributed by atoms with van der Waals surface area (Å²) in [5.41, 5.74) is 2.27. The highest BCUT2D eigenvalue weighted by molar-refractivity contribution is 7.92. The van der Waals surface area contributed by atoms with Crippen molar-refractivity contribution >= 4 is 27.3 Å². The van der Waals surface area contributed by atoms with Gasteiger partial charge in [-0.15, -0.1) is 0 Å². The second-order valence-corrected chi connectivity index (χ2v) is 8.53. The average Bonchev–Trinajstić information content (AvgIpc) is 2.64. The number of nitrogens with zero attached hydrogens (tertiary/aromatic N) is 1. The Morgan fingerprint density at radius 1 is 0.926 bits per heavy atom. The second-order valence-electron chi connectivity index (χ2n) is 6.84. The van der Waals surface area contributed by atoms with Crippen molar-refractivity contribution in [3.8, 4) is 0 Å². The van der Waals surface area contributed by atoms with E-state index in [0.717, 1.165) is 19.6 Å². The third-order valence-electron chi connectivity index (χ3n) is 4.55. The van der Waals surface area contributed by atoms with E-state index in [1.165, 1.54) is 43.9 Å². The lowest BCUT2D eigenvalue weighted by Crippen LogP contribution is -2.29. The maximum Gasteiger partial charge on any atom is 0.261 e. The lowest BCUT2D eigenvalue weighted by Gasteiger charge is -2.26. The Morgan fingerprint density at radius 2 is 1.52 bits per heavy atom. The molecular weight excluding hydrogens is 362 g/mol. The molecule has 2 aromatic rings. The monoisotopic (exact) mass is 387 g/mol. The summed E-state index contributed by atoms with van der Waals surface area (Å²) in [5, 5.41) is 2.61. The molecule has 1 saturated heterocycles. The second kappa shape index (κ2) is 8.54. The van der Waals surface area contributed by atoms with Crippen LogP contribution in [0.15, 0.2) is 53.4 Å². The van der Waals surface area contributed by atoms with Crippen LogP contribution in [0.2, 0.25) is 0 Å². The van der Waals surface area contributed by atoms with Gasteiger partial charge in [0, 0.05) is 24.8 Å². The van der Waals surface area contributed by atoms with Gasteiger partial charge in [0.2, 0.25) is 5.91 Å². The van der Waals surface area contributed by atoms with E-state index in [0.29, 0.717) is 11.4 Å². The van der Waals surface area contributed by atoms with Crippen molar-refractivity contribution in [3.63, 3.8) is 0 Å². The molecule has 144 valence electrons. The van der Waals surface area contributed by atoms with E-state index >= 15 is 0 Å². The van der Waals surface area contributed by atoms with Crippen LogP contribution in [-0.4, -0.2) is 32.3 Å². The van der Waals surface area contributed by atoms with Crippen molar-refractivity contribution < 1.29 is 13.2 Å². The molecule has 0 aromatic heterocycles. The van der Waals surface area contributed by atoms with Crippen molar-refractivity contribution in [2.45, 2.75) is 37.6 Å². The zero-order chi connectivity index (χ0) is 19.3. The van der Waals surface area contributed by atoms with E-state index in [1.807, 2.05) is 12.1 Å². The predicted molar refractivity (Wildman–Crippen MR) is 107 cm³/mol. The number of likely N-dealkylation sites (tertiary alicyclic amines) is 1. The van der Waals surface area contributed by atoms with Crippen molar-refractivity contribution in [2.24, 2.45) is 0 Å². The zero-order valence-corrected chi connectivity index (χ0v) is 16.3. The molecule has 0 bridgehead atoms. The summed E-state index contributed by atoms with van der Waals surface area (Å²) in [6.07, 6.45) is 3.81. The van der Waals surface area contributed by atoms with Gasteiger partial charge in [-0.1, -0.05) is 18.6 Å². The number of carbonyl (C=O) groups is 1. The number of hydrogen-bond acceptors (Lipinski definition) is 4. The van der Waals surface area contributed by atoms with E-state index < -0.39 is 10.0 Å². The molecule has 2 N–H and O–H groups in total. The van der Waals surface area contributed by atoms with Gasteiger partial charge in [-0.2, -0.15) is 0 Å². The zero-order valence-electron chi connectivity index (χ0n) is 15.4. The molecule has 0 atom stereocenters. The van der Waals surface area contributed by atoms with Gasteiger partial charge in [-0.05, 0) is 67.9 Å². The van der Waals surface area contributed by atoms with Crippen LogP contribution in [0.25, 0.3) is 0 Å². The van der Waals surface area contributed by atoms with Crippen molar-refractivity contribution in [1.82, 2.24) is 4.90 Å². The van der Waals surface area contributed by atoms with E-state index in [2.05, 4.69) is 14.9 Å². The SMILES string of the molecule is CC(=O)Nc1ccc(S(=O)(=O)Nc2ccc(CN3CCCCC3)cc2)cc1. The van der Waals surface area contributed by atoms with Gasteiger partial charge in [0.05, 0.1) is 4.90 Å². The molecule has 0 aliphatic carbocycles.